The molecule has 1 aromatic carbocycles. The molecule has 1 aliphatic rings. The number of piperazine rings is 1. The van der Waals surface area contributed by atoms with Gasteiger partial charge < -0.3 is 10.6 Å². The third kappa shape index (κ3) is 3.95. The van der Waals surface area contributed by atoms with Gasteiger partial charge in [0.2, 0.25) is 0 Å². The maximum Gasteiger partial charge on any atom is 0.276 e. The molecule has 0 aliphatic carbocycles. The maximum absolute atomic E-state index is 13.2. The molecule has 0 radical (unpaired) electrons. The van der Waals surface area contributed by atoms with Crippen LogP contribution in [0.3, 0.4) is 0 Å². The first kappa shape index (κ1) is 16.5. The molecule has 1 fully saturated rings. The van der Waals surface area contributed by atoms with E-state index in [1.165, 1.54) is 6.07 Å². The van der Waals surface area contributed by atoms with Crippen LogP contribution in [-0.2, 0) is 13.1 Å². The molecule has 7 nitrogen and oxygen atoms in total. The molecule has 0 unspecified atom stereocenters. The Hall–Kier alpha value is -2.32. The van der Waals surface area contributed by atoms with Crippen LogP contribution in [0.1, 0.15) is 16.1 Å². The monoisotopic (exact) mass is 332 g/mol. The highest BCUT2D eigenvalue weighted by molar-refractivity contribution is 5.92. The topological polar surface area (TPSA) is 80.3 Å². The predicted octanol–water partition coefficient (Wildman–Crippen LogP) is 0.334. The highest BCUT2D eigenvalue weighted by Gasteiger charge is 2.24. The lowest BCUT2D eigenvalue weighted by Gasteiger charge is -2.34. The fourth-order valence-corrected chi connectivity index (χ4v) is 2.80. The van der Waals surface area contributed by atoms with Crippen molar-refractivity contribution >= 4 is 5.91 Å². The highest BCUT2D eigenvalue weighted by atomic mass is 19.1. The normalized spacial score (nSPS) is 15.7. The van der Waals surface area contributed by atoms with E-state index in [2.05, 4.69) is 15.2 Å². The molecular formula is C16H21FN6O. The number of amides is 1. The van der Waals surface area contributed by atoms with Crippen LogP contribution in [0.25, 0.3) is 0 Å². The summed E-state index contributed by atoms with van der Waals surface area (Å²) in [5.74, 6) is -0.328. The predicted molar refractivity (Wildman–Crippen MR) is 86.7 cm³/mol. The first-order valence-electron chi connectivity index (χ1n) is 8.02. The van der Waals surface area contributed by atoms with Crippen molar-refractivity contribution in [2.24, 2.45) is 5.73 Å². The van der Waals surface area contributed by atoms with Crippen molar-refractivity contribution in [2.75, 3.05) is 32.7 Å². The molecule has 1 aliphatic heterocycles. The lowest BCUT2D eigenvalue weighted by Crippen LogP contribution is -2.48. The quantitative estimate of drug-likeness (QED) is 0.854. The minimum Gasteiger partial charge on any atom is -0.335 e. The van der Waals surface area contributed by atoms with E-state index in [1.54, 1.807) is 27.9 Å². The van der Waals surface area contributed by atoms with Crippen molar-refractivity contribution < 1.29 is 9.18 Å². The molecule has 3 rings (SSSR count). The fraction of sp³-hybridized carbons (Fsp3) is 0.438. The van der Waals surface area contributed by atoms with Crippen molar-refractivity contribution in [1.29, 1.82) is 0 Å². The van der Waals surface area contributed by atoms with E-state index >= 15 is 0 Å². The Labute approximate surface area is 139 Å². The summed E-state index contributed by atoms with van der Waals surface area (Å²) in [6.45, 7) is 4.43. The van der Waals surface area contributed by atoms with Crippen LogP contribution in [0.2, 0.25) is 0 Å². The highest BCUT2D eigenvalue weighted by Crippen LogP contribution is 2.11. The Morgan fingerprint density at radius 1 is 1.25 bits per heavy atom. The molecule has 8 heteroatoms. The second-order valence-electron chi connectivity index (χ2n) is 5.85. The van der Waals surface area contributed by atoms with Gasteiger partial charge >= 0.3 is 0 Å². The number of carbonyl (C=O) groups excluding carboxylic acids is 1. The van der Waals surface area contributed by atoms with Gasteiger partial charge in [-0.05, 0) is 17.7 Å². The molecule has 1 amide bonds. The Kier molecular flexibility index (Phi) is 5.17. The number of aromatic nitrogens is 3. The fourth-order valence-electron chi connectivity index (χ4n) is 2.80. The first-order chi connectivity index (χ1) is 11.7. The smallest absolute Gasteiger partial charge is 0.276 e. The summed E-state index contributed by atoms with van der Waals surface area (Å²) in [5, 5.41) is 7.81. The van der Waals surface area contributed by atoms with E-state index in [0.717, 1.165) is 18.7 Å². The molecule has 0 spiro atoms. The van der Waals surface area contributed by atoms with E-state index in [0.29, 0.717) is 38.4 Å². The lowest BCUT2D eigenvalue weighted by atomic mass is 10.2. The number of hydrogen-bond donors (Lipinski definition) is 1. The zero-order chi connectivity index (χ0) is 16.9. The van der Waals surface area contributed by atoms with Crippen LogP contribution in [0.15, 0.2) is 30.5 Å². The maximum atomic E-state index is 13.2. The van der Waals surface area contributed by atoms with Crippen molar-refractivity contribution in [3.63, 3.8) is 0 Å². The van der Waals surface area contributed by atoms with Crippen LogP contribution >= 0.6 is 0 Å². The average molecular weight is 332 g/mol. The Balaban J connectivity index is 1.53. The van der Waals surface area contributed by atoms with Crippen molar-refractivity contribution in [1.82, 2.24) is 24.8 Å². The summed E-state index contributed by atoms with van der Waals surface area (Å²) in [4.78, 5) is 16.4. The molecule has 0 atom stereocenters. The minimum absolute atomic E-state index is 0.108. The molecule has 128 valence electrons. The molecule has 1 aromatic heterocycles. The number of rotatable bonds is 5. The van der Waals surface area contributed by atoms with Gasteiger partial charge in [-0.1, -0.05) is 17.3 Å². The molecule has 1 saturated heterocycles. The number of benzene rings is 1. The molecule has 0 bridgehead atoms. The Bertz CT molecular complexity index is 695. The van der Waals surface area contributed by atoms with E-state index in [4.69, 9.17) is 5.73 Å². The Morgan fingerprint density at radius 2 is 2.04 bits per heavy atom. The largest absolute Gasteiger partial charge is 0.335 e. The van der Waals surface area contributed by atoms with Crippen LogP contribution in [0.4, 0.5) is 4.39 Å². The van der Waals surface area contributed by atoms with Gasteiger partial charge in [-0.3, -0.25) is 14.4 Å². The molecule has 0 saturated carbocycles. The molecule has 2 N–H and O–H groups in total. The second-order valence-corrected chi connectivity index (χ2v) is 5.85. The van der Waals surface area contributed by atoms with Crippen molar-refractivity contribution in [2.45, 2.75) is 13.1 Å². The number of carbonyl (C=O) groups is 1. The third-order valence-corrected chi connectivity index (χ3v) is 4.07. The van der Waals surface area contributed by atoms with E-state index in [9.17, 15) is 9.18 Å². The van der Waals surface area contributed by atoms with E-state index in [1.807, 2.05) is 6.07 Å². The van der Waals surface area contributed by atoms with Gasteiger partial charge in [-0.15, -0.1) is 5.10 Å². The summed E-state index contributed by atoms with van der Waals surface area (Å²) < 4.78 is 14.8. The number of nitrogens with two attached hydrogens (primary N) is 1. The van der Waals surface area contributed by atoms with Gasteiger partial charge in [0.15, 0.2) is 5.69 Å². The van der Waals surface area contributed by atoms with Crippen molar-refractivity contribution in [3.8, 4) is 0 Å². The number of halogens is 1. The van der Waals surface area contributed by atoms with Gasteiger partial charge in [-0.25, -0.2) is 4.39 Å². The summed E-state index contributed by atoms with van der Waals surface area (Å²) >= 11 is 0. The third-order valence-electron chi connectivity index (χ3n) is 4.07. The molecular weight excluding hydrogens is 311 g/mol. The molecule has 24 heavy (non-hydrogen) atoms. The van der Waals surface area contributed by atoms with Gasteiger partial charge in [0.25, 0.3) is 5.91 Å². The van der Waals surface area contributed by atoms with E-state index < -0.39 is 0 Å². The van der Waals surface area contributed by atoms with Crippen LogP contribution < -0.4 is 5.73 Å². The van der Waals surface area contributed by atoms with Crippen LogP contribution in [0.5, 0.6) is 0 Å². The van der Waals surface area contributed by atoms with Crippen LogP contribution in [-0.4, -0.2) is 63.4 Å². The minimum atomic E-state index is -0.220. The summed E-state index contributed by atoms with van der Waals surface area (Å²) in [5.41, 5.74) is 6.76. The van der Waals surface area contributed by atoms with Crippen LogP contribution in [0, 0.1) is 5.82 Å². The number of nitrogens with zero attached hydrogens (tertiary/aromatic N) is 5. The lowest BCUT2D eigenvalue weighted by molar-refractivity contribution is 0.0622. The second kappa shape index (κ2) is 7.50. The summed E-state index contributed by atoms with van der Waals surface area (Å²) in [6.07, 6.45) is 1.63. The number of hydrogen-bond acceptors (Lipinski definition) is 5. The average Bonchev–Trinajstić information content (AvgIpc) is 3.04. The summed E-state index contributed by atoms with van der Waals surface area (Å²) in [6, 6.07) is 6.62. The van der Waals surface area contributed by atoms with Gasteiger partial charge in [0.1, 0.15) is 5.82 Å². The van der Waals surface area contributed by atoms with E-state index in [-0.39, 0.29) is 11.7 Å². The zero-order valence-electron chi connectivity index (χ0n) is 13.4. The Morgan fingerprint density at radius 3 is 2.75 bits per heavy atom. The molecule has 2 aromatic rings. The molecule has 2 heterocycles. The summed E-state index contributed by atoms with van der Waals surface area (Å²) in [7, 11) is 0. The zero-order valence-corrected chi connectivity index (χ0v) is 13.4. The van der Waals surface area contributed by atoms with Gasteiger partial charge in [-0.2, -0.15) is 0 Å². The van der Waals surface area contributed by atoms with Gasteiger partial charge in [0, 0.05) is 39.3 Å². The van der Waals surface area contributed by atoms with Crippen molar-refractivity contribution in [3.05, 3.63) is 47.5 Å². The van der Waals surface area contributed by atoms with Gasteiger partial charge in [0.05, 0.1) is 12.7 Å². The SMILES string of the molecule is NCCn1cc(C(=O)N2CCN(Cc3cccc(F)c3)CC2)nn1. The standard InChI is InChI=1S/C16H21FN6O/c17-14-3-1-2-13(10-14)11-21-6-8-22(9-7-21)16(24)15-12-23(5-4-18)20-19-15/h1-3,10,12H,4-9,11,18H2. The first-order valence-corrected chi connectivity index (χ1v) is 8.02.